The average Bonchev–Trinajstić information content (AvgIpc) is 2.77. The standard InChI is InChI=1S/C26H36N2O/c1-22-8-5-6-11-24(22)18-26(21-29)14-7-15-28(20-26)25-12-16-27(17-13-25)19-23-9-3-2-4-10-23/h2-6,8-11,25,29H,7,12-21H2,1H3. The Morgan fingerprint density at radius 3 is 2.41 bits per heavy atom. The smallest absolute Gasteiger partial charge is 0.0502 e. The van der Waals surface area contributed by atoms with E-state index < -0.39 is 0 Å². The molecule has 1 N–H and O–H groups in total. The van der Waals surface area contributed by atoms with Crippen molar-refractivity contribution in [3.8, 4) is 0 Å². The van der Waals surface area contributed by atoms with Gasteiger partial charge in [0.05, 0.1) is 6.61 Å². The molecule has 0 saturated carbocycles. The molecule has 0 aromatic heterocycles. The number of aryl methyl sites for hydroxylation is 1. The molecule has 156 valence electrons. The molecule has 0 aliphatic carbocycles. The number of hydrogen-bond donors (Lipinski definition) is 1. The van der Waals surface area contributed by atoms with Crippen molar-refractivity contribution in [2.45, 2.75) is 51.6 Å². The minimum Gasteiger partial charge on any atom is -0.396 e. The highest BCUT2D eigenvalue weighted by atomic mass is 16.3. The lowest BCUT2D eigenvalue weighted by atomic mass is 9.74. The molecule has 3 heteroatoms. The van der Waals surface area contributed by atoms with Gasteiger partial charge >= 0.3 is 0 Å². The van der Waals surface area contributed by atoms with Gasteiger partial charge in [-0.25, -0.2) is 0 Å². The zero-order chi connectivity index (χ0) is 20.1. The van der Waals surface area contributed by atoms with E-state index in [1.165, 1.54) is 55.6 Å². The lowest BCUT2D eigenvalue weighted by molar-refractivity contribution is -0.00348. The van der Waals surface area contributed by atoms with Crippen molar-refractivity contribution in [1.82, 2.24) is 9.80 Å². The maximum absolute atomic E-state index is 10.4. The number of nitrogens with zero attached hydrogens (tertiary/aromatic N) is 2. The molecular weight excluding hydrogens is 356 g/mol. The monoisotopic (exact) mass is 392 g/mol. The molecular formula is C26H36N2O. The zero-order valence-corrected chi connectivity index (χ0v) is 17.9. The van der Waals surface area contributed by atoms with Crippen LogP contribution in [0.2, 0.25) is 0 Å². The van der Waals surface area contributed by atoms with Gasteiger partial charge in [0.15, 0.2) is 0 Å². The quantitative estimate of drug-likeness (QED) is 0.795. The fourth-order valence-corrected chi connectivity index (χ4v) is 5.38. The van der Waals surface area contributed by atoms with Crippen LogP contribution in [0.15, 0.2) is 54.6 Å². The molecule has 2 aromatic carbocycles. The van der Waals surface area contributed by atoms with Crippen LogP contribution in [-0.4, -0.2) is 53.7 Å². The minimum atomic E-state index is 0.0194. The fraction of sp³-hybridized carbons (Fsp3) is 0.538. The summed E-state index contributed by atoms with van der Waals surface area (Å²) in [4.78, 5) is 5.31. The molecule has 2 aliphatic heterocycles. The van der Waals surface area contributed by atoms with Gasteiger partial charge in [-0.15, -0.1) is 0 Å². The van der Waals surface area contributed by atoms with Crippen LogP contribution in [0.5, 0.6) is 0 Å². The molecule has 2 saturated heterocycles. The molecule has 1 unspecified atom stereocenters. The predicted octanol–water partition coefficient (Wildman–Crippen LogP) is 4.28. The van der Waals surface area contributed by atoms with E-state index in [4.69, 9.17) is 0 Å². The van der Waals surface area contributed by atoms with E-state index in [0.717, 1.165) is 25.9 Å². The van der Waals surface area contributed by atoms with Crippen LogP contribution in [0.25, 0.3) is 0 Å². The molecule has 2 aromatic rings. The van der Waals surface area contributed by atoms with Gasteiger partial charge in [-0.1, -0.05) is 54.6 Å². The molecule has 2 heterocycles. The second-order valence-corrected chi connectivity index (χ2v) is 9.33. The van der Waals surface area contributed by atoms with Crippen LogP contribution in [0.3, 0.4) is 0 Å². The maximum Gasteiger partial charge on any atom is 0.0502 e. The summed E-state index contributed by atoms with van der Waals surface area (Å²) in [5, 5.41) is 10.4. The highest BCUT2D eigenvalue weighted by molar-refractivity contribution is 5.27. The first-order valence-corrected chi connectivity index (χ1v) is 11.3. The average molecular weight is 393 g/mol. The Morgan fingerprint density at radius 1 is 0.966 bits per heavy atom. The van der Waals surface area contributed by atoms with Gasteiger partial charge < -0.3 is 5.11 Å². The van der Waals surface area contributed by atoms with Crippen LogP contribution in [0, 0.1) is 12.3 Å². The number of likely N-dealkylation sites (tertiary alicyclic amines) is 2. The first kappa shape index (κ1) is 20.6. The first-order valence-electron chi connectivity index (χ1n) is 11.3. The van der Waals surface area contributed by atoms with Crippen molar-refractivity contribution < 1.29 is 5.11 Å². The van der Waals surface area contributed by atoms with Gasteiger partial charge in [-0.3, -0.25) is 9.80 Å². The molecule has 4 rings (SSSR count). The number of rotatable bonds is 6. The number of aliphatic hydroxyl groups excluding tert-OH is 1. The van der Waals surface area contributed by atoms with Gasteiger partial charge in [0, 0.05) is 24.5 Å². The van der Waals surface area contributed by atoms with E-state index in [-0.39, 0.29) is 5.41 Å². The van der Waals surface area contributed by atoms with Gasteiger partial charge in [0.1, 0.15) is 0 Å². The molecule has 2 aliphatic rings. The van der Waals surface area contributed by atoms with Gasteiger partial charge in [-0.2, -0.15) is 0 Å². The molecule has 3 nitrogen and oxygen atoms in total. The van der Waals surface area contributed by atoms with Gasteiger partial charge in [0.25, 0.3) is 0 Å². The molecule has 0 radical (unpaired) electrons. The maximum atomic E-state index is 10.4. The van der Waals surface area contributed by atoms with Crippen LogP contribution in [0.1, 0.15) is 42.4 Å². The molecule has 1 atom stereocenters. The molecule has 0 bridgehead atoms. The number of piperidine rings is 2. The van der Waals surface area contributed by atoms with Crippen LogP contribution >= 0.6 is 0 Å². The van der Waals surface area contributed by atoms with Crippen molar-refractivity contribution in [3.63, 3.8) is 0 Å². The Hall–Kier alpha value is -1.68. The second-order valence-electron chi connectivity index (χ2n) is 9.33. The van der Waals surface area contributed by atoms with Crippen LogP contribution < -0.4 is 0 Å². The highest BCUT2D eigenvalue weighted by Gasteiger charge is 2.38. The van der Waals surface area contributed by atoms with Crippen molar-refractivity contribution in [2.75, 3.05) is 32.8 Å². The van der Waals surface area contributed by atoms with E-state index in [2.05, 4.69) is 71.3 Å². The third kappa shape index (κ3) is 5.09. The summed E-state index contributed by atoms with van der Waals surface area (Å²) < 4.78 is 0. The highest BCUT2D eigenvalue weighted by Crippen LogP contribution is 2.36. The minimum absolute atomic E-state index is 0.0194. The van der Waals surface area contributed by atoms with Crippen LogP contribution in [-0.2, 0) is 13.0 Å². The van der Waals surface area contributed by atoms with Gasteiger partial charge in [0.2, 0.25) is 0 Å². The molecule has 0 amide bonds. The van der Waals surface area contributed by atoms with E-state index in [0.29, 0.717) is 12.6 Å². The zero-order valence-electron chi connectivity index (χ0n) is 17.9. The van der Waals surface area contributed by atoms with E-state index >= 15 is 0 Å². The summed E-state index contributed by atoms with van der Waals surface area (Å²) in [5.74, 6) is 0. The lowest BCUT2D eigenvalue weighted by Crippen LogP contribution is -2.53. The van der Waals surface area contributed by atoms with Crippen molar-refractivity contribution in [1.29, 1.82) is 0 Å². The largest absolute Gasteiger partial charge is 0.396 e. The third-order valence-electron chi connectivity index (χ3n) is 7.18. The third-order valence-corrected chi connectivity index (χ3v) is 7.18. The number of aliphatic hydroxyl groups is 1. The Morgan fingerprint density at radius 2 is 1.69 bits per heavy atom. The second kappa shape index (κ2) is 9.42. The van der Waals surface area contributed by atoms with Gasteiger partial charge in [-0.05, 0) is 75.4 Å². The van der Waals surface area contributed by atoms with E-state index in [9.17, 15) is 5.11 Å². The van der Waals surface area contributed by atoms with Crippen molar-refractivity contribution in [2.24, 2.45) is 5.41 Å². The normalized spacial score (nSPS) is 24.6. The summed E-state index contributed by atoms with van der Waals surface area (Å²) >= 11 is 0. The SMILES string of the molecule is Cc1ccccc1CC1(CO)CCCN(C2CCN(Cc3ccccc3)CC2)C1. The van der Waals surface area contributed by atoms with E-state index in [1.54, 1.807) is 0 Å². The van der Waals surface area contributed by atoms with E-state index in [1.807, 2.05) is 0 Å². The predicted molar refractivity (Wildman–Crippen MR) is 120 cm³/mol. The molecule has 2 fully saturated rings. The summed E-state index contributed by atoms with van der Waals surface area (Å²) in [6.07, 6.45) is 5.84. The summed E-state index contributed by atoms with van der Waals surface area (Å²) in [6.45, 7) is 8.16. The Bertz CT molecular complexity index is 769. The fourth-order valence-electron chi connectivity index (χ4n) is 5.38. The lowest BCUT2D eigenvalue weighted by Gasteiger charge is -2.47. The molecule has 0 spiro atoms. The number of benzene rings is 2. The van der Waals surface area contributed by atoms with Crippen molar-refractivity contribution >= 4 is 0 Å². The summed E-state index contributed by atoms with van der Waals surface area (Å²) in [5.41, 5.74) is 4.19. The Kier molecular flexibility index (Phi) is 6.69. The Labute approximate surface area is 176 Å². The number of hydrogen-bond acceptors (Lipinski definition) is 3. The molecule has 29 heavy (non-hydrogen) atoms. The summed E-state index contributed by atoms with van der Waals surface area (Å²) in [6, 6.07) is 20.2. The Balaban J connectivity index is 1.35. The topological polar surface area (TPSA) is 26.7 Å². The summed E-state index contributed by atoms with van der Waals surface area (Å²) in [7, 11) is 0. The van der Waals surface area contributed by atoms with Crippen LogP contribution in [0.4, 0.5) is 0 Å². The first-order chi connectivity index (χ1) is 14.2. The van der Waals surface area contributed by atoms with Crippen molar-refractivity contribution in [3.05, 3.63) is 71.3 Å².